The number of rotatable bonds is 3. The van der Waals surface area contributed by atoms with Crippen molar-refractivity contribution in [1.82, 2.24) is 10.6 Å². The van der Waals surface area contributed by atoms with E-state index in [1.165, 1.54) is 11.1 Å². The predicted octanol–water partition coefficient (Wildman–Crippen LogP) is 0.555. The summed E-state index contributed by atoms with van der Waals surface area (Å²) in [5.41, 5.74) is 2.79. The fourth-order valence-electron chi connectivity index (χ4n) is 3.12. The van der Waals surface area contributed by atoms with Gasteiger partial charge in [-0.3, -0.25) is 4.79 Å². The van der Waals surface area contributed by atoms with Crippen LogP contribution in [0.5, 0.6) is 0 Å². The number of carbonyl (C=O) groups is 1. The van der Waals surface area contributed by atoms with Crippen molar-refractivity contribution in [2.75, 3.05) is 13.1 Å². The van der Waals surface area contributed by atoms with Gasteiger partial charge in [0.05, 0.1) is 12.1 Å². The number of aryl methyl sites for hydroxylation is 1. The van der Waals surface area contributed by atoms with Crippen LogP contribution in [-0.2, 0) is 11.2 Å². The molecule has 1 aromatic carbocycles. The first-order chi connectivity index (χ1) is 9.24. The third kappa shape index (κ3) is 2.65. The van der Waals surface area contributed by atoms with E-state index < -0.39 is 0 Å². The lowest BCUT2D eigenvalue weighted by atomic mass is 10.0. The number of hydrogen-bond acceptors (Lipinski definition) is 3. The first-order valence-corrected chi connectivity index (χ1v) is 7.01. The largest absolute Gasteiger partial charge is 0.392 e. The molecule has 1 aromatic rings. The normalized spacial score (nSPS) is 29.2. The third-order valence-corrected chi connectivity index (χ3v) is 4.20. The Bertz CT molecular complexity index is 475. The molecule has 0 aromatic heterocycles. The molecular formula is C15H20N2O2. The number of amides is 1. The molecule has 0 radical (unpaired) electrons. The number of fused-ring (bicyclic) bond motifs is 1. The number of aliphatic hydroxyl groups excluding tert-OH is 1. The van der Waals surface area contributed by atoms with E-state index in [9.17, 15) is 9.90 Å². The van der Waals surface area contributed by atoms with E-state index >= 15 is 0 Å². The molecule has 4 nitrogen and oxygen atoms in total. The van der Waals surface area contributed by atoms with E-state index in [2.05, 4.69) is 34.9 Å². The lowest BCUT2D eigenvalue weighted by Crippen LogP contribution is -2.41. The fraction of sp³-hybridized carbons (Fsp3) is 0.533. The van der Waals surface area contributed by atoms with Gasteiger partial charge in [0.2, 0.25) is 5.91 Å². The summed E-state index contributed by atoms with van der Waals surface area (Å²) in [6.45, 7) is 1.22. The van der Waals surface area contributed by atoms with Crippen LogP contribution >= 0.6 is 0 Å². The second-order valence-electron chi connectivity index (χ2n) is 5.53. The Kier molecular flexibility index (Phi) is 3.53. The summed E-state index contributed by atoms with van der Waals surface area (Å²) < 4.78 is 0. The Morgan fingerprint density at radius 3 is 3.05 bits per heavy atom. The van der Waals surface area contributed by atoms with Gasteiger partial charge < -0.3 is 15.7 Å². The Labute approximate surface area is 113 Å². The zero-order valence-corrected chi connectivity index (χ0v) is 10.9. The Morgan fingerprint density at radius 1 is 1.42 bits per heavy atom. The molecule has 3 unspecified atom stereocenters. The van der Waals surface area contributed by atoms with Crippen molar-refractivity contribution in [2.45, 2.75) is 37.3 Å². The van der Waals surface area contributed by atoms with Gasteiger partial charge in [0.25, 0.3) is 0 Å². The average Bonchev–Trinajstić information content (AvgIpc) is 3.02. The summed E-state index contributed by atoms with van der Waals surface area (Å²) in [6.07, 6.45) is 2.35. The number of benzene rings is 1. The molecule has 2 aliphatic rings. The summed E-state index contributed by atoms with van der Waals surface area (Å²) in [6, 6.07) is 8.24. The quantitative estimate of drug-likeness (QED) is 0.744. The van der Waals surface area contributed by atoms with E-state index in [1.807, 2.05) is 0 Å². The van der Waals surface area contributed by atoms with Gasteiger partial charge in [-0.15, -0.1) is 0 Å². The van der Waals surface area contributed by atoms with Crippen molar-refractivity contribution >= 4 is 5.91 Å². The molecule has 4 heteroatoms. The van der Waals surface area contributed by atoms with Crippen molar-refractivity contribution in [3.05, 3.63) is 35.4 Å². The van der Waals surface area contributed by atoms with Gasteiger partial charge in [0.15, 0.2) is 0 Å². The summed E-state index contributed by atoms with van der Waals surface area (Å²) >= 11 is 0. The van der Waals surface area contributed by atoms with Gasteiger partial charge in [-0.05, 0) is 30.4 Å². The molecule has 3 N–H and O–H groups in total. The highest BCUT2D eigenvalue weighted by molar-refractivity contribution is 5.82. The second-order valence-corrected chi connectivity index (χ2v) is 5.53. The standard InChI is InChI=1S/C15H20N2O2/c18-12-7-14(16-9-12)15(19)17-8-11-6-5-10-3-1-2-4-13(10)11/h1-4,11-12,14,16,18H,5-9H2,(H,17,19). The molecule has 1 heterocycles. The maximum Gasteiger partial charge on any atom is 0.237 e. The van der Waals surface area contributed by atoms with E-state index in [-0.39, 0.29) is 18.1 Å². The van der Waals surface area contributed by atoms with Gasteiger partial charge in [-0.2, -0.15) is 0 Å². The van der Waals surface area contributed by atoms with Gasteiger partial charge in [0.1, 0.15) is 0 Å². The number of aliphatic hydroxyl groups is 1. The number of β-amino-alcohol motifs (C(OH)–C–C–N with tert-alkyl or cyclic N) is 1. The summed E-state index contributed by atoms with van der Waals surface area (Å²) in [4.78, 5) is 12.0. The van der Waals surface area contributed by atoms with Crippen LogP contribution in [0.15, 0.2) is 24.3 Å². The Balaban J connectivity index is 1.55. The van der Waals surface area contributed by atoms with Crippen LogP contribution < -0.4 is 10.6 Å². The summed E-state index contributed by atoms with van der Waals surface area (Å²) in [5.74, 6) is 0.451. The minimum Gasteiger partial charge on any atom is -0.392 e. The molecule has 3 atom stereocenters. The Hall–Kier alpha value is -1.39. The van der Waals surface area contributed by atoms with Crippen LogP contribution in [0.2, 0.25) is 0 Å². The van der Waals surface area contributed by atoms with E-state index in [0.29, 0.717) is 25.4 Å². The Morgan fingerprint density at radius 2 is 2.26 bits per heavy atom. The predicted molar refractivity (Wildman–Crippen MR) is 72.9 cm³/mol. The van der Waals surface area contributed by atoms with Crippen LogP contribution in [0.1, 0.15) is 29.9 Å². The third-order valence-electron chi connectivity index (χ3n) is 4.20. The van der Waals surface area contributed by atoms with Crippen LogP contribution in [0.25, 0.3) is 0 Å². The zero-order chi connectivity index (χ0) is 13.2. The first-order valence-electron chi connectivity index (χ1n) is 7.01. The maximum atomic E-state index is 12.0. The van der Waals surface area contributed by atoms with Crippen LogP contribution in [0.4, 0.5) is 0 Å². The minimum absolute atomic E-state index is 0.0148. The van der Waals surface area contributed by atoms with Crippen molar-refractivity contribution in [1.29, 1.82) is 0 Å². The molecule has 3 rings (SSSR count). The molecule has 19 heavy (non-hydrogen) atoms. The van der Waals surface area contributed by atoms with Crippen LogP contribution in [0, 0.1) is 0 Å². The van der Waals surface area contributed by atoms with Crippen molar-refractivity contribution in [3.63, 3.8) is 0 Å². The SMILES string of the molecule is O=C(NCC1CCc2ccccc21)C1CC(O)CN1. The van der Waals surface area contributed by atoms with E-state index in [0.717, 1.165) is 12.8 Å². The van der Waals surface area contributed by atoms with Gasteiger partial charge in [0, 0.05) is 19.0 Å². The number of nitrogens with one attached hydrogen (secondary N) is 2. The van der Waals surface area contributed by atoms with Crippen LogP contribution in [0.3, 0.4) is 0 Å². The molecule has 1 aliphatic carbocycles. The summed E-state index contributed by atoms with van der Waals surface area (Å²) in [5, 5.41) is 15.5. The lowest BCUT2D eigenvalue weighted by molar-refractivity contribution is -0.123. The molecule has 0 saturated carbocycles. The molecule has 0 spiro atoms. The highest BCUT2D eigenvalue weighted by Gasteiger charge is 2.29. The smallest absolute Gasteiger partial charge is 0.237 e. The molecule has 102 valence electrons. The highest BCUT2D eigenvalue weighted by atomic mass is 16.3. The maximum absolute atomic E-state index is 12.0. The topological polar surface area (TPSA) is 61.4 Å². The number of hydrogen-bond donors (Lipinski definition) is 3. The average molecular weight is 260 g/mol. The molecular weight excluding hydrogens is 240 g/mol. The molecule has 0 bridgehead atoms. The zero-order valence-electron chi connectivity index (χ0n) is 10.9. The number of carbonyl (C=O) groups excluding carboxylic acids is 1. The van der Waals surface area contributed by atoms with Gasteiger partial charge in [-0.1, -0.05) is 24.3 Å². The molecule has 1 saturated heterocycles. The highest BCUT2D eigenvalue weighted by Crippen LogP contribution is 2.32. The lowest BCUT2D eigenvalue weighted by Gasteiger charge is -2.15. The fourth-order valence-corrected chi connectivity index (χ4v) is 3.12. The monoisotopic (exact) mass is 260 g/mol. The first kappa shape index (κ1) is 12.6. The molecule has 1 amide bonds. The van der Waals surface area contributed by atoms with E-state index in [1.54, 1.807) is 0 Å². The van der Waals surface area contributed by atoms with Crippen LogP contribution in [-0.4, -0.2) is 36.2 Å². The van der Waals surface area contributed by atoms with Crippen molar-refractivity contribution in [2.24, 2.45) is 0 Å². The molecule has 1 aliphatic heterocycles. The molecule has 1 fully saturated rings. The minimum atomic E-state index is -0.386. The van der Waals surface area contributed by atoms with Crippen molar-refractivity contribution < 1.29 is 9.90 Å². The van der Waals surface area contributed by atoms with Gasteiger partial charge >= 0.3 is 0 Å². The van der Waals surface area contributed by atoms with E-state index in [4.69, 9.17) is 0 Å². The van der Waals surface area contributed by atoms with Crippen molar-refractivity contribution in [3.8, 4) is 0 Å². The summed E-state index contributed by atoms with van der Waals surface area (Å²) in [7, 11) is 0. The van der Waals surface area contributed by atoms with Gasteiger partial charge in [-0.25, -0.2) is 0 Å². The second kappa shape index (κ2) is 5.31.